The van der Waals surface area contributed by atoms with E-state index in [0.717, 1.165) is 19.4 Å². The Bertz CT molecular complexity index is 420. The van der Waals surface area contributed by atoms with Gasteiger partial charge in [-0.2, -0.15) is 0 Å². The van der Waals surface area contributed by atoms with Crippen LogP contribution in [0.3, 0.4) is 0 Å². The molecule has 0 spiro atoms. The molecule has 1 rings (SSSR count). The van der Waals surface area contributed by atoms with E-state index in [1.165, 1.54) is 19.2 Å². The van der Waals surface area contributed by atoms with Crippen molar-refractivity contribution in [2.75, 3.05) is 26.9 Å². The summed E-state index contributed by atoms with van der Waals surface area (Å²) in [7, 11) is 1.22. The fraction of sp³-hybridized carbons (Fsp3) is 0.533. The van der Waals surface area contributed by atoms with E-state index in [1.807, 2.05) is 0 Å². The summed E-state index contributed by atoms with van der Waals surface area (Å²) >= 11 is 0. The summed E-state index contributed by atoms with van der Waals surface area (Å²) in [4.78, 5) is 11.2. The fourth-order valence-corrected chi connectivity index (χ4v) is 1.58. The maximum Gasteiger partial charge on any atom is 0.340 e. The third kappa shape index (κ3) is 5.67. The van der Waals surface area contributed by atoms with Gasteiger partial charge in [0.1, 0.15) is 5.82 Å². The number of esters is 1. The van der Waals surface area contributed by atoms with Gasteiger partial charge in [0, 0.05) is 6.61 Å². The maximum atomic E-state index is 13.6. The number of unbranched alkanes of at least 4 members (excludes halogenated alkanes) is 1. The Hall–Kier alpha value is -1.46. The average Bonchev–Trinajstić information content (AvgIpc) is 2.45. The van der Waals surface area contributed by atoms with E-state index in [2.05, 4.69) is 11.7 Å². The number of halogens is 1. The molecular weight excluding hydrogens is 263 g/mol. The van der Waals surface area contributed by atoms with Gasteiger partial charge in [0.25, 0.3) is 0 Å². The highest BCUT2D eigenvalue weighted by Gasteiger charge is 2.12. The highest BCUT2D eigenvalue weighted by Crippen LogP contribution is 2.12. The Balaban J connectivity index is 2.31. The van der Waals surface area contributed by atoms with Gasteiger partial charge in [0.05, 0.1) is 32.5 Å². The van der Waals surface area contributed by atoms with Crippen molar-refractivity contribution in [3.63, 3.8) is 0 Å². The molecule has 0 fully saturated rings. The Morgan fingerprint density at radius 3 is 2.60 bits per heavy atom. The molecule has 0 heterocycles. The number of carbonyl (C=O) groups is 1. The van der Waals surface area contributed by atoms with E-state index in [4.69, 9.17) is 9.47 Å². The topological polar surface area (TPSA) is 44.8 Å². The van der Waals surface area contributed by atoms with Crippen molar-refractivity contribution in [3.05, 3.63) is 35.1 Å². The van der Waals surface area contributed by atoms with Crippen molar-refractivity contribution in [1.82, 2.24) is 0 Å². The standard InChI is InChI=1S/C15H21FO4/c1-3-4-7-19-8-9-20-11-12-5-6-13(14(16)10-12)15(17)18-2/h5-6,10H,3-4,7-9,11H2,1-2H3. The maximum absolute atomic E-state index is 13.6. The third-order valence-corrected chi connectivity index (χ3v) is 2.72. The van der Waals surface area contributed by atoms with Crippen molar-refractivity contribution in [3.8, 4) is 0 Å². The van der Waals surface area contributed by atoms with Gasteiger partial charge in [-0.1, -0.05) is 19.4 Å². The number of rotatable bonds is 9. The predicted octanol–water partition coefficient (Wildman–Crippen LogP) is 2.95. The van der Waals surface area contributed by atoms with Crippen LogP contribution >= 0.6 is 0 Å². The predicted molar refractivity (Wildman–Crippen MR) is 73.1 cm³/mol. The lowest BCUT2D eigenvalue weighted by molar-refractivity contribution is 0.0396. The lowest BCUT2D eigenvalue weighted by Gasteiger charge is -2.07. The molecule has 1 aromatic rings. The van der Waals surface area contributed by atoms with Crippen LogP contribution in [-0.4, -0.2) is 32.9 Å². The monoisotopic (exact) mass is 284 g/mol. The summed E-state index contributed by atoms with van der Waals surface area (Å²) in [5, 5.41) is 0. The summed E-state index contributed by atoms with van der Waals surface area (Å²) in [6.45, 7) is 4.12. The molecule has 0 bridgehead atoms. The molecule has 112 valence electrons. The Kier molecular flexibility index (Phi) is 7.84. The number of methoxy groups -OCH3 is 1. The van der Waals surface area contributed by atoms with Gasteiger partial charge in [-0.15, -0.1) is 0 Å². The molecule has 0 atom stereocenters. The van der Waals surface area contributed by atoms with Gasteiger partial charge in [0.2, 0.25) is 0 Å². The van der Waals surface area contributed by atoms with Crippen molar-refractivity contribution in [1.29, 1.82) is 0 Å². The van der Waals surface area contributed by atoms with Crippen LogP contribution < -0.4 is 0 Å². The number of hydrogen-bond acceptors (Lipinski definition) is 4. The van der Waals surface area contributed by atoms with Crippen LogP contribution in [0.25, 0.3) is 0 Å². The quantitative estimate of drug-likeness (QED) is 0.516. The van der Waals surface area contributed by atoms with Crippen molar-refractivity contribution >= 4 is 5.97 Å². The van der Waals surface area contributed by atoms with Crippen LogP contribution in [0, 0.1) is 5.82 Å². The molecule has 0 N–H and O–H groups in total. The zero-order valence-electron chi connectivity index (χ0n) is 12.0. The first-order valence-corrected chi connectivity index (χ1v) is 6.71. The number of hydrogen-bond donors (Lipinski definition) is 0. The zero-order valence-corrected chi connectivity index (χ0v) is 12.0. The summed E-state index contributed by atoms with van der Waals surface area (Å²) in [6, 6.07) is 4.33. The second-order valence-corrected chi connectivity index (χ2v) is 4.32. The molecule has 1 aromatic carbocycles. The smallest absolute Gasteiger partial charge is 0.340 e. The number of carbonyl (C=O) groups excluding carboxylic acids is 1. The number of ether oxygens (including phenoxy) is 3. The third-order valence-electron chi connectivity index (χ3n) is 2.72. The van der Waals surface area contributed by atoms with E-state index in [0.29, 0.717) is 18.8 Å². The molecule has 0 unspecified atom stereocenters. The van der Waals surface area contributed by atoms with Gasteiger partial charge in [-0.3, -0.25) is 0 Å². The molecule has 0 radical (unpaired) electrons. The minimum absolute atomic E-state index is 0.0702. The molecule has 0 aliphatic carbocycles. The fourth-order valence-electron chi connectivity index (χ4n) is 1.58. The molecule has 0 saturated heterocycles. The van der Waals surface area contributed by atoms with E-state index in [-0.39, 0.29) is 12.2 Å². The number of benzene rings is 1. The highest BCUT2D eigenvalue weighted by molar-refractivity contribution is 5.89. The molecule has 0 aliphatic rings. The largest absolute Gasteiger partial charge is 0.465 e. The van der Waals surface area contributed by atoms with E-state index in [1.54, 1.807) is 6.07 Å². The minimum Gasteiger partial charge on any atom is -0.465 e. The first-order chi connectivity index (χ1) is 9.69. The van der Waals surface area contributed by atoms with Crippen molar-refractivity contribution in [2.24, 2.45) is 0 Å². The highest BCUT2D eigenvalue weighted by atomic mass is 19.1. The molecule has 4 nitrogen and oxygen atoms in total. The average molecular weight is 284 g/mol. The van der Waals surface area contributed by atoms with Crippen LogP contribution in [0.1, 0.15) is 35.7 Å². The van der Waals surface area contributed by atoms with E-state index < -0.39 is 11.8 Å². The normalized spacial score (nSPS) is 10.6. The van der Waals surface area contributed by atoms with Gasteiger partial charge in [-0.25, -0.2) is 9.18 Å². The van der Waals surface area contributed by atoms with Gasteiger partial charge in [-0.05, 0) is 24.1 Å². The Labute approximate surface area is 118 Å². The minimum atomic E-state index is -0.681. The summed E-state index contributed by atoms with van der Waals surface area (Å²) in [5.74, 6) is -1.28. The summed E-state index contributed by atoms with van der Waals surface area (Å²) in [6.07, 6.45) is 2.15. The van der Waals surface area contributed by atoms with Gasteiger partial charge in [0.15, 0.2) is 0 Å². The molecule has 5 heteroatoms. The molecular formula is C15H21FO4. The molecule has 20 heavy (non-hydrogen) atoms. The Morgan fingerprint density at radius 1 is 1.20 bits per heavy atom. The lowest BCUT2D eigenvalue weighted by atomic mass is 10.1. The van der Waals surface area contributed by atoms with Crippen molar-refractivity contribution < 1.29 is 23.4 Å². The first kappa shape index (κ1) is 16.6. The van der Waals surface area contributed by atoms with E-state index >= 15 is 0 Å². The molecule has 0 aromatic heterocycles. The zero-order chi connectivity index (χ0) is 14.8. The van der Waals surface area contributed by atoms with Crippen LogP contribution in [-0.2, 0) is 20.8 Å². The molecule has 0 amide bonds. The van der Waals surface area contributed by atoms with Gasteiger partial charge >= 0.3 is 5.97 Å². The SMILES string of the molecule is CCCCOCCOCc1ccc(C(=O)OC)c(F)c1. The van der Waals surface area contributed by atoms with Crippen LogP contribution in [0.4, 0.5) is 4.39 Å². The lowest BCUT2D eigenvalue weighted by Crippen LogP contribution is -2.07. The summed E-state index contributed by atoms with van der Waals surface area (Å²) in [5.41, 5.74) is 0.600. The second-order valence-electron chi connectivity index (χ2n) is 4.32. The second kappa shape index (κ2) is 9.44. The van der Waals surface area contributed by atoms with Gasteiger partial charge < -0.3 is 14.2 Å². The van der Waals surface area contributed by atoms with Crippen LogP contribution in [0.15, 0.2) is 18.2 Å². The van der Waals surface area contributed by atoms with E-state index in [9.17, 15) is 9.18 Å². The Morgan fingerprint density at radius 2 is 1.95 bits per heavy atom. The first-order valence-electron chi connectivity index (χ1n) is 6.71. The molecule has 0 saturated carbocycles. The summed E-state index contributed by atoms with van der Waals surface area (Å²) < 4.78 is 28.8. The van der Waals surface area contributed by atoms with Crippen LogP contribution in [0.2, 0.25) is 0 Å². The van der Waals surface area contributed by atoms with Crippen LogP contribution in [0.5, 0.6) is 0 Å². The molecule has 0 aliphatic heterocycles. The van der Waals surface area contributed by atoms with Crippen molar-refractivity contribution in [2.45, 2.75) is 26.4 Å².